The first-order chi connectivity index (χ1) is 6.27. The van der Waals surface area contributed by atoms with E-state index in [9.17, 15) is 4.79 Å². The molecular weight excluding hydrogens is 166 g/mol. The van der Waals surface area contributed by atoms with Gasteiger partial charge in [0, 0.05) is 31.5 Å². The van der Waals surface area contributed by atoms with Gasteiger partial charge in [-0.2, -0.15) is 0 Å². The van der Waals surface area contributed by atoms with Crippen LogP contribution in [0.15, 0.2) is 18.5 Å². The van der Waals surface area contributed by atoms with Crippen molar-refractivity contribution in [2.45, 2.75) is 12.5 Å². The molecule has 0 bridgehead atoms. The second-order valence-corrected chi connectivity index (χ2v) is 3.40. The zero-order valence-electron chi connectivity index (χ0n) is 7.36. The lowest BCUT2D eigenvalue weighted by Gasteiger charge is -2.14. The fraction of sp³-hybridized carbons (Fsp3) is 0.444. The zero-order valence-corrected chi connectivity index (χ0v) is 7.36. The molecule has 1 unspecified atom stereocenters. The Labute approximate surface area is 76.7 Å². The number of aromatic amines is 1. The Hall–Kier alpha value is -1.29. The number of nitrogens with two attached hydrogens (primary N) is 1. The fourth-order valence-electron chi connectivity index (χ4n) is 1.61. The van der Waals surface area contributed by atoms with Crippen molar-refractivity contribution in [1.82, 2.24) is 9.88 Å². The molecule has 1 aliphatic rings. The second-order valence-electron chi connectivity index (χ2n) is 3.40. The molecule has 13 heavy (non-hydrogen) atoms. The monoisotopic (exact) mass is 179 g/mol. The summed E-state index contributed by atoms with van der Waals surface area (Å²) in [5.74, 6) is 0.0780. The lowest BCUT2D eigenvalue weighted by Crippen LogP contribution is -2.31. The molecule has 1 atom stereocenters. The molecule has 0 aromatic carbocycles. The van der Waals surface area contributed by atoms with Crippen LogP contribution in [0.2, 0.25) is 0 Å². The molecule has 1 fully saturated rings. The van der Waals surface area contributed by atoms with E-state index in [1.165, 1.54) is 0 Å². The van der Waals surface area contributed by atoms with Crippen molar-refractivity contribution in [2.75, 3.05) is 13.1 Å². The second kappa shape index (κ2) is 3.22. The van der Waals surface area contributed by atoms with Gasteiger partial charge in [0.1, 0.15) is 0 Å². The van der Waals surface area contributed by atoms with Crippen LogP contribution in [0.4, 0.5) is 0 Å². The maximum absolute atomic E-state index is 11.7. The minimum absolute atomic E-state index is 0.0780. The van der Waals surface area contributed by atoms with Crippen molar-refractivity contribution < 1.29 is 4.79 Å². The summed E-state index contributed by atoms with van der Waals surface area (Å²) in [6.45, 7) is 1.47. The summed E-state index contributed by atoms with van der Waals surface area (Å²) in [6.07, 6.45) is 4.38. The van der Waals surface area contributed by atoms with E-state index in [1.807, 2.05) is 0 Å². The van der Waals surface area contributed by atoms with Crippen LogP contribution in [0.5, 0.6) is 0 Å². The van der Waals surface area contributed by atoms with E-state index < -0.39 is 0 Å². The third kappa shape index (κ3) is 1.58. The normalized spacial score (nSPS) is 22.2. The molecule has 2 rings (SSSR count). The molecule has 1 aliphatic heterocycles. The molecule has 1 amide bonds. The van der Waals surface area contributed by atoms with Gasteiger partial charge in [0.25, 0.3) is 5.91 Å². The van der Waals surface area contributed by atoms with Crippen LogP contribution in [0, 0.1) is 0 Å². The highest BCUT2D eigenvalue weighted by molar-refractivity contribution is 5.94. The predicted molar refractivity (Wildman–Crippen MR) is 49.3 cm³/mol. The number of aromatic nitrogens is 1. The Morgan fingerprint density at radius 2 is 2.54 bits per heavy atom. The Balaban J connectivity index is 2.06. The van der Waals surface area contributed by atoms with Crippen molar-refractivity contribution in [3.05, 3.63) is 24.0 Å². The predicted octanol–water partition coefficient (Wildman–Crippen LogP) is 0.188. The Bertz CT molecular complexity index is 294. The third-order valence-electron chi connectivity index (χ3n) is 2.36. The van der Waals surface area contributed by atoms with E-state index in [4.69, 9.17) is 5.73 Å². The van der Waals surface area contributed by atoms with E-state index >= 15 is 0 Å². The first kappa shape index (κ1) is 8.31. The van der Waals surface area contributed by atoms with Crippen molar-refractivity contribution in [3.8, 4) is 0 Å². The topological polar surface area (TPSA) is 62.1 Å². The van der Waals surface area contributed by atoms with Gasteiger partial charge in [-0.3, -0.25) is 4.79 Å². The molecule has 0 aliphatic carbocycles. The summed E-state index contributed by atoms with van der Waals surface area (Å²) >= 11 is 0. The van der Waals surface area contributed by atoms with Gasteiger partial charge in [-0.05, 0) is 12.5 Å². The first-order valence-corrected chi connectivity index (χ1v) is 4.45. The van der Waals surface area contributed by atoms with Gasteiger partial charge < -0.3 is 15.6 Å². The van der Waals surface area contributed by atoms with Crippen LogP contribution >= 0.6 is 0 Å². The molecule has 2 heterocycles. The molecule has 1 aromatic rings. The summed E-state index contributed by atoms with van der Waals surface area (Å²) in [4.78, 5) is 16.4. The van der Waals surface area contributed by atoms with Gasteiger partial charge in [-0.15, -0.1) is 0 Å². The van der Waals surface area contributed by atoms with E-state index in [2.05, 4.69) is 4.98 Å². The summed E-state index contributed by atoms with van der Waals surface area (Å²) in [5, 5.41) is 0. The average Bonchev–Trinajstić information content (AvgIpc) is 2.72. The van der Waals surface area contributed by atoms with Gasteiger partial charge >= 0.3 is 0 Å². The van der Waals surface area contributed by atoms with Gasteiger partial charge in [-0.1, -0.05) is 0 Å². The van der Waals surface area contributed by atoms with Crippen molar-refractivity contribution in [3.63, 3.8) is 0 Å². The number of hydrogen-bond acceptors (Lipinski definition) is 2. The first-order valence-electron chi connectivity index (χ1n) is 4.45. The molecule has 1 aromatic heterocycles. The number of likely N-dealkylation sites (tertiary alicyclic amines) is 1. The van der Waals surface area contributed by atoms with E-state index in [0.717, 1.165) is 13.0 Å². The van der Waals surface area contributed by atoms with Crippen LogP contribution in [0.25, 0.3) is 0 Å². The maximum Gasteiger partial charge on any atom is 0.255 e. The highest BCUT2D eigenvalue weighted by Gasteiger charge is 2.24. The number of hydrogen-bond donors (Lipinski definition) is 2. The number of nitrogens with one attached hydrogen (secondary N) is 1. The molecule has 0 saturated carbocycles. The number of rotatable bonds is 1. The number of H-pyrrole nitrogens is 1. The van der Waals surface area contributed by atoms with Crippen LogP contribution in [-0.4, -0.2) is 34.9 Å². The highest BCUT2D eigenvalue weighted by Crippen LogP contribution is 2.11. The quantitative estimate of drug-likeness (QED) is 0.646. The van der Waals surface area contributed by atoms with E-state index in [-0.39, 0.29) is 11.9 Å². The van der Waals surface area contributed by atoms with E-state index in [1.54, 1.807) is 23.4 Å². The Morgan fingerprint density at radius 1 is 1.69 bits per heavy atom. The Kier molecular flexibility index (Phi) is 2.06. The molecule has 3 N–H and O–H groups in total. The zero-order chi connectivity index (χ0) is 9.26. The van der Waals surface area contributed by atoms with Crippen molar-refractivity contribution >= 4 is 5.91 Å². The number of nitrogens with zero attached hydrogens (tertiary/aromatic N) is 1. The van der Waals surface area contributed by atoms with Gasteiger partial charge in [0.15, 0.2) is 0 Å². The van der Waals surface area contributed by atoms with Crippen molar-refractivity contribution in [1.29, 1.82) is 0 Å². The van der Waals surface area contributed by atoms with Crippen LogP contribution in [0.1, 0.15) is 16.8 Å². The molecule has 4 heteroatoms. The number of carbonyl (C=O) groups is 1. The molecule has 70 valence electrons. The van der Waals surface area contributed by atoms with Gasteiger partial charge in [0.05, 0.1) is 5.56 Å². The van der Waals surface area contributed by atoms with Crippen LogP contribution < -0.4 is 5.73 Å². The van der Waals surface area contributed by atoms with E-state index in [0.29, 0.717) is 12.1 Å². The molecule has 0 radical (unpaired) electrons. The summed E-state index contributed by atoms with van der Waals surface area (Å²) < 4.78 is 0. The molecule has 1 saturated heterocycles. The lowest BCUT2D eigenvalue weighted by atomic mass is 10.3. The average molecular weight is 179 g/mol. The summed E-state index contributed by atoms with van der Waals surface area (Å²) in [7, 11) is 0. The third-order valence-corrected chi connectivity index (χ3v) is 2.36. The lowest BCUT2D eigenvalue weighted by molar-refractivity contribution is 0.0791. The maximum atomic E-state index is 11.7. The van der Waals surface area contributed by atoms with Crippen LogP contribution in [0.3, 0.4) is 0 Å². The summed E-state index contributed by atoms with van der Waals surface area (Å²) in [5.41, 5.74) is 6.43. The molecule has 0 spiro atoms. The van der Waals surface area contributed by atoms with Crippen molar-refractivity contribution in [2.24, 2.45) is 5.73 Å². The van der Waals surface area contributed by atoms with Gasteiger partial charge in [-0.25, -0.2) is 0 Å². The van der Waals surface area contributed by atoms with Gasteiger partial charge in [0.2, 0.25) is 0 Å². The minimum Gasteiger partial charge on any atom is -0.367 e. The minimum atomic E-state index is 0.0780. The largest absolute Gasteiger partial charge is 0.367 e. The van der Waals surface area contributed by atoms with Crippen LogP contribution in [-0.2, 0) is 0 Å². The molecular formula is C9H13N3O. The summed E-state index contributed by atoms with van der Waals surface area (Å²) in [6, 6.07) is 1.94. The Morgan fingerprint density at radius 3 is 3.08 bits per heavy atom. The smallest absolute Gasteiger partial charge is 0.255 e. The standard InChI is InChI=1S/C9H13N3O/c10-8-2-4-12(6-8)9(13)7-1-3-11-5-7/h1,3,5,8,11H,2,4,6,10H2. The SMILES string of the molecule is NC1CCN(C(=O)c2cc[nH]c2)C1. The molecule has 4 nitrogen and oxygen atoms in total. The number of carbonyl (C=O) groups excluding carboxylic acids is 1. The highest BCUT2D eigenvalue weighted by atomic mass is 16.2. The fourth-order valence-corrected chi connectivity index (χ4v) is 1.61. The number of amides is 1.